The Balaban J connectivity index is 2.20. The SMILES string of the molecule is CCC(=O)c1ccc(Sc2ccc(C)c(C(=O)O)c2)cn1. The second-order valence-corrected chi connectivity index (χ2v) is 5.69. The molecule has 0 atom stereocenters. The van der Waals surface area contributed by atoms with Crippen molar-refractivity contribution in [1.29, 1.82) is 0 Å². The summed E-state index contributed by atoms with van der Waals surface area (Å²) >= 11 is 1.42. The lowest BCUT2D eigenvalue weighted by Gasteiger charge is -2.06. The van der Waals surface area contributed by atoms with E-state index in [1.54, 1.807) is 38.2 Å². The highest BCUT2D eigenvalue weighted by molar-refractivity contribution is 7.99. The highest BCUT2D eigenvalue weighted by Crippen LogP contribution is 2.28. The minimum atomic E-state index is -0.933. The molecule has 5 heteroatoms. The smallest absolute Gasteiger partial charge is 0.335 e. The molecule has 0 saturated carbocycles. The summed E-state index contributed by atoms with van der Waals surface area (Å²) in [5.41, 5.74) is 1.48. The molecule has 0 saturated heterocycles. The van der Waals surface area contributed by atoms with Crippen molar-refractivity contribution < 1.29 is 14.7 Å². The van der Waals surface area contributed by atoms with E-state index in [4.69, 9.17) is 5.11 Å². The van der Waals surface area contributed by atoms with Gasteiger partial charge in [0, 0.05) is 22.4 Å². The van der Waals surface area contributed by atoms with Crippen LogP contribution in [0.4, 0.5) is 0 Å². The van der Waals surface area contributed by atoms with Crippen LogP contribution < -0.4 is 0 Å². The van der Waals surface area contributed by atoms with Crippen LogP contribution in [0, 0.1) is 6.92 Å². The summed E-state index contributed by atoms with van der Waals surface area (Å²) in [5.74, 6) is -0.924. The predicted molar refractivity (Wildman–Crippen MR) is 81.1 cm³/mol. The lowest BCUT2D eigenvalue weighted by Crippen LogP contribution is -2.00. The number of hydrogen-bond acceptors (Lipinski definition) is 4. The Bertz CT molecular complexity index is 680. The number of Topliss-reactive ketones (excluding diaryl/α,β-unsaturated/α-hetero) is 1. The van der Waals surface area contributed by atoms with Crippen molar-refractivity contribution in [3.8, 4) is 0 Å². The molecule has 2 aromatic rings. The average Bonchev–Trinajstić information content (AvgIpc) is 2.49. The van der Waals surface area contributed by atoms with E-state index < -0.39 is 5.97 Å². The van der Waals surface area contributed by atoms with Gasteiger partial charge in [-0.15, -0.1) is 0 Å². The van der Waals surface area contributed by atoms with E-state index in [1.165, 1.54) is 11.8 Å². The Morgan fingerprint density at radius 3 is 2.48 bits per heavy atom. The number of carbonyl (C=O) groups excluding carboxylic acids is 1. The Kier molecular flexibility index (Phi) is 4.75. The van der Waals surface area contributed by atoms with Crippen molar-refractivity contribution >= 4 is 23.5 Å². The monoisotopic (exact) mass is 301 g/mol. The maximum absolute atomic E-state index is 11.5. The minimum Gasteiger partial charge on any atom is -0.478 e. The van der Waals surface area contributed by atoms with Crippen LogP contribution in [0.3, 0.4) is 0 Å². The van der Waals surface area contributed by atoms with E-state index in [1.807, 2.05) is 12.1 Å². The van der Waals surface area contributed by atoms with Crippen LogP contribution in [-0.4, -0.2) is 21.8 Å². The Hall–Kier alpha value is -2.14. The fourth-order valence-electron chi connectivity index (χ4n) is 1.82. The first-order chi connectivity index (χ1) is 10.0. The van der Waals surface area contributed by atoms with Crippen molar-refractivity contribution in [3.05, 3.63) is 53.3 Å². The van der Waals surface area contributed by atoms with Crippen LogP contribution in [0.1, 0.15) is 39.8 Å². The van der Waals surface area contributed by atoms with E-state index in [-0.39, 0.29) is 5.78 Å². The summed E-state index contributed by atoms with van der Waals surface area (Å²) in [7, 11) is 0. The summed E-state index contributed by atoms with van der Waals surface area (Å²) < 4.78 is 0. The third kappa shape index (κ3) is 3.70. The second kappa shape index (κ2) is 6.54. The van der Waals surface area contributed by atoms with E-state index in [0.29, 0.717) is 17.7 Å². The number of hydrogen-bond donors (Lipinski definition) is 1. The number of carboxylic acid groups (broad SMARTS) is 1. The summed E-state index contributed by atoms with van der Waals surface area (Å²) in [6, 6.07) is 8.82. The summed E-state index contributed by atoms with van der Waals surface area (Å²) in [6.45, 7) is 3.57. The van der Waals surface area contributed by atoms with Crippen molar-refractivity contribution in [2.75, 3.05) is 0 Å². The third-order valence-corrected chi connectivity index (χ3v) is 3.99. The number of carboxylic acids is 1. The maximum Gasteiger partial charge on any atom is 0.335 e. The van der Waals surface area contributed by atoms with Gasteiger partial charge in [0.25, 0.3) is 0 Å². The van der Waals surface area contributed by atoms with E-state index in [0.717, 1.165) is 15.4 Å². The second-order valence-electron chi connectivity index (χ2n) is 4.54. The lowest BCUT2D eigenvalue weighted by molar-refractivity contribution is 0.0695. The molecule has 0 amide bonds. The highest BCUT2D eigenvalue weighted by atomic mass is 32.2. The molecule has 1 heterocycles. The van der Waals surface area contributed by atoms with Crippen molar-refractivity contribution in [1.82, 2.24) is 4.98 Å². The largest absolute Gasteiger partial charge is 0.478 e. The van der Waals surface area contributed by atoms with Gasteiger partial charge in [0.15, 0.2) is 5.78 Å². The maximum atomic E-state index is 11.5. The molecular weight excluding hydrogens is 286 g/mol. The van der Waals surface area contributed by atoms with Crippen LogP contribution in [0.25, 0.3) is 0 Å². The first-order valence-corrected chi connectivity index (χ1v) is 7.34. The first kappa shape index (κ1) is 15.3. The molecule has 1 aromatic carbocycles. The van der Waals surface area contributed by atoms with Gasteiger partial charge in [0.05, 0.1) is 5.56 Å². The fourth-order valence-corrected chi connectivity index (χ4v) is 2.64. The van der Waals surface area contributed by atoms with Gasteiger partial charge >= 0.3 is 5.97 Å². The van der Waals surface area contributed by atoms with Crippen LogP contribution in [0.15, 0.2) is 46.3 Å². The molecule has 0 fully saturated rings. The predicted octanol–water partition coefficient (Wildman–Crippen LogP) is 3.83. The van der Waals surface area contributed by atoms with Crippen LogP contribution in [0.5, 0.6) is 0 Å². The third-order valence-electron chi connectivity index (χ3n) is 3.02. The van der Waals surface area contributed by atoms with Gasteiger partial charge in [-0.05, 0) is 36.8 Å². The van der Waals surface area contributed by atoms with Crippen molar-refractivity contribution in [2.24, 2.45) is 0 Å². The highest BCUT2D eigenvalue weighted by Gasteiger charge is 2.09. The molecule has 0 aliphatic rings. The zero-order valence-corrected chi connectivity index (χ0v) is 12.6. The molecule has 0 aliphatic heterocycles. The molecule has 1 aromatic heterocycles. The molecule has 2 rings (SSSR count). The Labute approximate surface area is 127 Å². The lowest BCUT2D eigenvalue weighted by atomic mass is 10.1. The van der Waals surface area contributed by atoms with Gasteiger partial charge in [-0.2, -0.15) is 0 Å². The van der Waals surface area contributed by atoms with Crippen molar-refractivity contribution in [2.45, 2.75) is 30.1 Å². The van der Waals surface area contributed by atoms with Crippen LogP contribution in [-0.2, 0) is 0 Å². The number of aromatic nitrogens is 1. The molecule has 1 N–H and O–H groups in total. The zero-order chi connectivity index (χ0) is 15.4. The summed E-state index contributed by atoms with van der Waals surface area (Å²) in [6.07, 6.45) is 2.06. The number of carbonyl (C=O) groups is 2. The van der Waals surface area contributed by atoms with Crippen LogP contribution in [0.2, 0.25) is 0 Å². The van der Waals surface area contributed by atoms with E-state index in [2.05, 4.69) is 4.98 Å². The number of aromatic carboxylic acids is 1. The number of nitrogens with zero attached hydrogens (tertiary/aromatic N) is 1. The Morgan fingerprint density at radius 1 is 1.19 bits per heavy atom. The zero-order valence-electron chi connectivity index (χ0n) is 11.8. The molecule has 0 spiro atoms. The normalized spacial score (nSPS) is 10.4. The quantitative estimate of drug-likeness (QED) is 0.850. The number of pyridine rings is 1. The van der Waals surface area contributed by atoms with Gasteiger partial charge in [-0.1, -0.05) is 24.8 Å². The molecule has 108 valence electrons. The molecule has 0 unspecified atom stereocenters. The van der Waals surface area contributed by atoms with E-state index >= 15 is 0 Å². The standard InChI is InChI=1S/C16H15NO3S/c1-3-15(18)14-7-6-12(9-17-14)21-11-5-4-10(2)13(8-11)16(19)20/h4-9H,3H2,1-2H3,(H,19,20). The number of rotatable bonds is 5. The van der Waals surface area contributed by atoms with Gasteiger partial charge in [0.1, 0.15) is 5.69 Å². The topological polar surface area (TPSA) is 67.3 Å². The van der Waals surface area contributed by atoms with Gasteiger partial charge in [-0.3, -0.25) is 9.78 Å². The van der Waals surface area contributed by atoms with Gasteiger partial charge < -0.3 is 5.11 Å². The molecular formula is C16H15NO3S. The summed E-state index contributed by atoms with van der Waals surface area (Å²) in [5, 5.41) is 9.12. The molecule has 21 heavy (non-hydrogen) atoms. The summed E-state index contributed by atoms with van der Waals surface area (Å²) in [4.78, 5) is 28.5. The fraction of sp³-hybridized carbons (Fsp3) is 0.188. The van der Waals surface area contributed by atoms with E-state index in [9.17, 15) is 9.59 Å². The number of ketones is 1. The minimum absolute atomic E-state index is 0.00930. The average molecular weight is 301 g/mol. The Morgan fingerprint density at radius 2 is 1.90 bits per heavy atom. The number of benzene rings is 1. The molecule has 0 aliphatic carbocycles. The first-order valence-electron chi connectivity index (χ1n) is 6.52. The van der Waals surface area contributed by atoms with Crippen molar-refractivity contribution in [3.63, 3.8) is 0 Å². The number of aryl methyl sites for hydroxylation is 1. The molecule has 4 nitrogen and oxygen atoms in total. The molecule has 0 bridgehead atoms. The van der Waals surface area contributed by atoms with Gasteiger partial charge in [-0.25, -0.2) is 4.79 Å². The van der Waals surface area contributed by atoms with Crippen LogP contribution >= 0.6 is 11.8 Å². The molecule has 0 radical (unpaired) electrons. The van der Waals surface area contributed by atoms with Gasteiger partial charge in [0.2, 0.25) is 0 Å².